The maximum Gasteiger partial charge on any atom is 0.327 e. The summed E-state index contributed by atoms with van der Waals surface area (Å²) in [6.07, 6.45) is 2.21. The third-order valence-electron chi connectivity index (χ3n) is 5.07. The van der Waals surface area contributed by atoms with Crippen LogP contribution >= 0.6 is 0 Å². The maximum absolute atomic E-state index is 12.4. The van der Waals surface area contributed by atoms with Gasteiger partial charge >= 0.3 is 5.97 Å². The zero-order chi connectivity index (χ0) is 14.6. The van der Waals surface area contributed by atoms with E-state index in [-0.39, 0.29) is 5.97 Å². The number of hydrogen-bond donors (Lipinski definition) is 1. The molecule has 0 aromatic carbocycles. The molecular formula is C15H29N3O2. The minimum Gasteiger partial charge on any atom is -0.468 e. The van der Waals surface area contributed by atoms with Crippen LogP contribution in [-0.4, -0.2) is 74.2 Å². The van der Waals surface area contributed by atoms with Gasteiger partial charge in [-0.05, 0) is 44.9 Å². The fourth-order valence-corrected chi connectivity index (χ4v) is 3.73. The molecule has 1 unspecified atom stereocenters. The highest BCUT2D eigenvalue weighted by Gasteiger charge is 2.52. The van der Waals surface area contributed by atoms with E-state index in [1.54, 1.807) is 0 Å². The number of esters is 1. The van der Waals surface area contributed by atoms with E-state index in [2.05, 4.69) is 29.0 Å². The number of hydrogen-bond acceptors (Lipinski definition) is 5. The van der Waals surface area contributed by atoms with Gasteiger partial charge in [0.1, 0.15) is 5.54 Å². The molecule has 0 amide bonds. The van der Waals surface area contributed by atoms with Crippen molar-refractivity contribution in [3.8, 4) is 0 Å². The zero-order valence-corrected chi connectivity index (χ0v) is 13.2. The van der Waals surface area contributed by atoms with E-state index in [4.69, 9.17) is 4.74 Å². The lowest BCUT2D eigenvalue weighted by atomic mass is 9.72. The van der Waals surface area contributed by atoms with Crippen molar-refractivity contribution in [2.45, 2.75) is 32.2 Å². The number of ether oxygens (including phenoxy) is 1. The van der Waals surface area contributed by atoms with E-state index < -0.39 is 5.54 Å². The highest BCUT2D eigenvalue weighted by atomic mass is 16.5. The van der Waals surface area contributed by atoms with Crippen molar-refractivity contribution in [2.24, 2.45) is 5.92 Å². The minimum absolute atomic E-state index is 0.0774. The third-order valence-corrected chi connectivity index (χ3v) is 5.07. The summed E-state index contributed by atoms with van der Waals surface area (Å²) in [6, 6.07) is 0. The van der Waals surface area contributed by atoms with Gasteiger partial charge in [-0.3, -0.25) is 5.32 Å². The lowest BCUT2D eigenvalue weighted by Crippen LogP contribution is -2.70. The highest BCUT2D eigenvalue weighted by Crippen LogP contribution is 2.36. The van der Waals surface area contributed by atoms with Crippen LogP contribution in [0, 0.1) is 5.92 Å². The second kappa shape index (κ2) is 6.87. The predicted octanol–water partition coefficient (Wildman–Crippen LogP) is 0.555. The SMILES string of the molecule is CCN(CC)CCNC1(C(=O)OC)CN2CCC1CC2. The van der Waals surface area contributed by atoms with Crippen molar-refractivity contribution < 1.29 is 9.53 Å². The number of likely N-dealkylation sites (N-methyl/N-ethyl adjacent to an activating group) is 1. The van der Waals surface area contributed by atoms with Crippen LogP contribution in [0.5, 0.6) is 0 Å². The summed E-state index contributed by atoms with van der Waals surface area (Å²) in [7, 11) is 1.51. The molecule has 0 radical (unpaired) electrons. The molecule has 0 aromatic heterocycles. The summed E-state index contributed by atoms with van der Waals surface area (Å²) < 4.78 is 5.11. The molecule has 3 aliphatic heterocycles. The van der Waals surface area contributed by atoms with Crippen LogP contribution in [0.25, 0.3) is 0 Å². The van der Waals surface area contributed by atoms with Crippen molar-refractivity contribution in [3.05, 3.63) is 0 Å². The molecule has 1 atom stereocenters. The molecule has 3 saturated heterocycles. The minimum atomic E-state index is -0.474. The Morgan fingerprint density at radius 3 is 2.45 bits per heavy atom. The Labute approximate surface area is 122 Å². The normalized spacial score (nSPS) is 32.6. The molecule has 20 heavy (non-hydrogen) atoms. The average molecular weight is 283 g/mol. The van der Waals surface area contributed by atoms with Crippen molar-refractivity contribution in [1.29, 1.82) is 0 Å². The van der Waals surface area contributed by atoms with Gasteiger partial charge in [0.2, 0.25) is 0 Å². The van der Waals surface area contributed by atoms with Crippen LogP contribution in [0.2, 0.25) is 0 Å². The van der Waals surface area contributed by atoms with E-state index in [9.17, 15) is 4.79 Å². The van der Waals surface area contributed by atoms with Crippen molar-refractivity contribution >= 4 is 5.97 Å². The Morgan fingerprint density at radius 1 is 1.35 bits per heavy atom. The summed E-state index contributed by atoms with van der Waals surface area (Å²) in [5.74, 6) is 0.350. The van der Waals surface area contributed by atoms with Crippen molar-refractivity contribution in [1.82, 2.24) is 15.1 Å². The van der Waals surface area contributed by atoms with Gasteiger partial charge in [0.05, 0.1) is 7.11 Å². The maximum atomic E-state index is 12.4. The fraction of sp³-hybridized carbons (Fsp3) is 0.933. The molecule has 3 rings (SSSR count). The molecular weight excluding hydrogens is 254 g/mol. The molecule has 0 aromatic rings. The van der Waals surface area contributed by atoms with E-state index in [0.717, 1.165) is 58.7 Å². The molecule has 3 heterocycles. The molecule has 1 N–H and O–H groups in total. The number of fused-ring (bicyclic) bond motifs is 3. The van der Waals surface area contributed by atoms with Crippen LogP contribution in [0.4, 0.5) is 0 Å². The first-order valence-corrected chi connectivity index (χ1v) is 7.94. The predicted molar refractivity (Wildman–Crippen MR) is 79.7 cm³/mol. The van der Waals surface area contributed by atoms with E-state index in [0.29, 0.717) is 5.92 Å². The van der Waals surface area contributed by atoms with E-state index in [1.165, 1.54) is 7.11 Å². The second-order valence-electron chi connectivity index (χ2n) is 5.97. The van der Waals surface area contributed by atoms with Crippen LogP contribution in [-0.2, 0) is 9.53 Å². The topological polar surface area (TPSA) is 44.8 Å². The Balaban J connectivity index is 1.99. The van der Waals surface area contributed by atoms with Gasteiger partial charge in [0.25, 0.3) is 0 Å². The number of nitrogens with zero attached hydrogens (tertiary/aromatic N) is 2. The number of nitrogens with one attached hydrogen (secondary N) is 1. The molecule has 5 nitrogen and oxygen atoms in total. The number of piperidine rings is 3. The quantitative estimate of drug-likeness (QED) is 0.692. The molecule has 3 fully saturated rings. The Bertz CT molecular complexity index is 325. The smallest absolute Gasteiger partial charge is 0.327 e. The molecule has 116 valence electrons. The lowest BCUT2D eigenvalue weighted by molar-refractivity contribution is -0.158. The van der Waals surface area contributed by atoms with Crippen LogP contribution in [0.15, 0.2) is 0 Å². The number of carbonyl (C=O) groups excluding carboxylic acids is 1. The highest BCUT2D eigenvalue weighted by molar-refractivity contribution is 5.82. The van der Waals surface area contributed by atoms with Gasteiger partial charge in [-0.15, -0.1) is 0 Å². The first-order chi connectivity index (χ1) is 9.66. The summed E-state index contributed by atoms with van der Waals surface area (Å²) in [4.78, 5) is 17.1. The van der Waals surface area contributed by atoms with E-state index >= 15 is 0 Å². The molecule has 0 aliphatic carbocycles. The molecule has 3 aliphatic rings. The van der Waals surface area contributed by atoms with E-state index in [1.807, 2.05) is 0 Å². The largest absolute Gasteiger partial charge is 0.468 e. The van der Waals surface area contributed by atoms with Gasteiger partial charge in [-0.25, -0.2) is 4.79 Å². The molecule has 2 bridgehead atoms. The number of methoxy groups -OCH3 is 1. The summed E-state index contributed by atoms with van der Waals surface area (Å²) in [5, 5.41) is 3.56. The van der Waals surface area contributed by atoms with Crippen LogP contribution < -0.4 is 5.32 Å². The van der Waals surface area contributed by atoms with Gasteiger partial charge in [0.15, 0.2) is 0 Å². The van der Waals surface area contributed by atoms with Gasteiger partial charge in [-0.2, -0.15) is 0 Å². The Hall–Kier alpha value is -0.650. The fourth-order valence-electron chi connectivity index (χ4n) is 3.73. The summed E-state index contributed by atoms with van der Waals surface area (Å²) in [6.45, 7) is 11.4. The molecule has 0 saturated carbocycles. The summed E-state index contributed by atoms with van der Waals surface area (Å²) >= 11 is 0. The number of carbonyl (C=O) groups is 1. The third kappa shape index (κ3) is 3.00. The standard InChI is InChI=1S/C15H29N3O2/c1-4-17(5-2)11-8-16-15(14(19)20-3)12-18-9-6-13(15)7-10-18/h13,16H,4-12H2,1-3H3. The average Bonchev–Trinajstić information content (AvgIpc) is 2.51. The van der Waals surface area contributed by atoms with Crippen LogP contribution in [0.3, 0.4) is 0 Å². The van der Waals surface area contributed by atoms with Crippen LogP contribution in [0.1, 0.15) is 26.7 Å². The summed E-state index contributed by atoms with van der Waals surface area (Å²) in [5.41, 5.74) is -0.474. The molecule has 0 spiro atoms. The first kappa shape index (κ1) is 15.7. The van der Waals surface area contributed by atoms with Crippen molar-refractivity contribution in [3.63, 3.8) is 0 Å². The second-order valence-corrected chi connectivity index (χ2v) is 5.97. The first-order valence-electron chi connectivity index (χ1n) is 7.94. The van der Waals surface area contributed by atoms with Gasteiger partial charge in [0, 0.05) is 19.6 Å². The Morgan fingerprint density at radius 2 is 2.00 bits per heavy atom. The number of rotatable bonds is 7. The van der Waals surface area contributed by atoms with Gasteiger partial charge < -0.3 is 14.5 Å². The zero-order valence-electron chi connectivity index (χ0n) is 13.2. The van der Waals surface area contributed by atoms with Gasteiger partial charge in [-0.1, -0.05) is 13.8 Å². The molecule has 5 heteroatoms. The van der Waals surface area contributed by atoms with Crippen molar-refractivity contribution in [2.75, 3.05) is 52.9 Å². The Kier molecular flexibility index (Phi) is 5.41. The monoisotopic (exact) mass is 283 g/mol. The lowest BCUT2D eigenvalue weighted by Gasteiger charge is -2.51.